The molecule has 1 saturated heterocycles. The van der Waals surface area contributed by atoms with Crippen LogP contribution in [0.3, 0.4) is 0 Å². The van der Waals surface area contributed by atoms with Gasteiger partial charge in [-0.1, -0.05) is 30.7 Å². The lowest BCUT2D eigenvalue weighted by atomic mass is 10.0. The van der Waals surface area contributed by atoms with Gasteiger partial charge in [-0.2, -0.15) is 0 Å². The molecule has 2 heterocycles. The first-order chi connectivity index (χ1) is 14.6. The molecule has 5 nitrogen and oxygen atoms in total. The normalized spacial score (nSPS) is 14.8. The third-order valence-corrected chi connectivity index (χ3v) is 5.81. The number of carbonyl (C=O) groups is 1. The average molecular weight is 424 g/mol. The van der Waals surface area contributed by atoms with Crippen molar-refractivity contribution in [3.63, 3.8) is 0 Å². The summed E-state index contributed by atoms with van der Waals surface area (Å²) >= 11 is 6.26. The molecule has 0 bridgehead atoms. The maximum Gasteiger partial charge on any atom is 0.254 e. The minimum atomic E-state index is 0.0237. The van der Waals surface area contributed by atoms with Gasteiger partial charge in [-0.3, -0.25) is 4.79 Å². The Kier molecular flexibility index (Phi) is 6.21. The predicted octanol–water partition coefficient (Wildman–Crippen LogP) is 4.73. The number of carbonyl (C=O) groups excluding carboxylic acids is 1. The minimum absolute atomic E-state index is 0.0237. The fourth-order valence-corrected chi connectivity index (χ4v) is 4.08. The summed E-state index contributed by atoms with van der Waals surface area (Å²) in [7, 11) is 0. The number of piperazine rings is 1. The molecule has 1 aliphatic heterocycles. The Morgan fingerprint density at radius 3 is 2.57 bits per heavy atom. The average Bonchev–Trinajstić information content (AvgIpc) is 2.78. The van der Waals surface area contributed by atoms with Gasteiger partial charge in [0.05, 0.1) is 23.4 Å². The van der Waals surface area contributed by atoms with Crippen molar-refractivity contribution in [2.24, 2.45) is 0 Å². The number of fused-ring (bicyclic) bond motifs is 1. The van der Waals surface area contributed by atoms with Gasteiger partial charge in [0.2, 0.25) is 0 Å². The Hall–Kier alpha value is -2.63. The fraction of sp³-hybridized carbons (Fsp3) is 0.333. The van der Waals surface area contributed by atoms with E-state index in [-0.39, 0.29) is 5.91 Å². The van der Waals surface area contributed by atoms with E-state index in [2.05, 4.69) is 11.8 Å². The van der Waals surface area contributed by atoms with E-state index in [0.29, 0.717) is 17.2 Å². The quantitative estimate of drug-likeness (QED) is 0.595. The van der Waals surface area contributed by atoms with Crippen LogP contribution in [0.25, 0.3) is 22.2 Å². The van der Waals surface area contributed by atoms with Crippen LogP contribution in [-0.2, 0) is 0 Å². The van der Waals surface area contributed by atoms with E-state index in [1.165, 1.54) is 0 Å². The van der Waals surface area contributed by atoms with Crippen molar-refractivity contribution in [2.75, 3.05) is 39.3 Å². The lowest BCUT2D eigenvalue weighted by Gasteiger charge is -2.34. The monoisotopic (exact) mass is 423 g/mol. The van der Waals surface area contributed by atoms with Crippen molar-refractivity contribution in [3.05, 3.63) is 59.1 Å². The topological polar surface area (TPSA) is 45.7 Å². The number of hydrogen-bond acceptors (Lipinski definition) is 4. The van der Waals surface area contributed by atoms with E-state index in [4.69, 9.17) is 21.3 Å². The molecule has 1 aromatic heterocycles. The largest absolute Gasteiger partial charge is 0.493 e. The molecular weight excluding hydrogens is 398 g/mol. The van der Waals surface area contributed by atoms with E-state index < -0.39 is 0 Å². The third-order valence-electron chi connectivity index (χ3n) is 5.57. The van der Waals surface area contributed by atoms with E-state index in [9.17, 15) is 4.79 Å². The van der Waals surface area contributed by atoms with Crippen LogP contribution in [0.15, 0.2) is 48.5 Å². The summed E-state index contributed by atoms with van der Waals surface area (Å²) in [4.78, 5) is 22.6. The van der Waals surface area contributed by atoms with Crippen LogP contribution in [-0.4, -0.2) is 60.0 Å². The molecule has 0 aliphatic carbocycles. The molecule has 0 N–H and O–H groups in total. The molecule has 0 radical (unpaired) electrons. The molecule has 1 fully saturated rings. The van der Waals surface area contributed by atoms with Crippen LogP contribution >= 0.6 is 11.6 Å². The standard InChI is InChI=1S/C24H26ClN3O2/c1-3-27-11-13-28(14-12-27)24(29)20-16-22(18-7-5-6-8-23(18)30-4-2)26-21-10-9-17(25)15-19(20)21/h5-10,15-16H,3-4,11-14H2,1-2H3. The lowest BCUT2D eigenvalue weighted by molar-refractivity contribution is 0.0645. The zero-order chi connectivity index (χ0) is 21.1. The van der Waals surface area contributed by atoms with Crippen LogP contribution in [0.5, 0.6) is 5.75 Å². The van der Waals surface area contributed by atoms with Crippen LogP contribution in [0.2, 0.25) is 5.02 Å². The number of rotatable bonds is 5. The predicted molar refractivity (Wildman–Crippen MR) is 121 cm³/mol. The molecule has 0 saturated carbocycles. The smallest absolute Gasteiger partial charge is 0.254 e. The molecule has 2 aromatic carbocycles. The van der Waals surface area contributed by atoms with Crippen LogP contribution in [0.4, 0.5) is 0 Å². The molecule has 4 rings (SSSR count). The number of likely N-dealkylation sites (N-methyl/N-ethyl adjacent to an activating group) is 1. The first-order valence-corrected chi connectivity index (χ1v) is 10.8. The Labute approximate surface area is 182 Å². The molecule has 1 aliphatic rings. The molecule has 3 aromatic rings. The van der Waals surface area contributed by atoms with Gasteiger partial charge in [-0.05, 0) is 49.9 Å². The van der Waals surface area contributed by atoms with E-state index in [0.717, 1.165) is 60.6 Å². The molecule has 0 unspecified atom stereocenters. The highest BCUT2D eigenvalue weighted by Crippen LogP contribution is 2.33. The number of hydrogen-bond donors (Lipinski definition) is 0. The van der Waals surface area contributed by atoms with Gasteiger partial charge in [0, 0.05) is 42.2 Å². The molecule has 6 heteroatoms. The van der Waals surface area contributed by atoms with E-state index in [1.54, 1.807) is 0 Å². The summed E-state index contributed by atoms with van der Waals surface area (Å²) < 4.78 is 5.80. The lowest BCUT2D eigenvalue weighted by Crippen LogP contribution is -2.48. The fourth-order valence-electron chi connectivity index (χ4n) is 3.91. The highest BCUT2D eigenvalue weighted by molar-refractivity contribution is 6.31. The maximum absolute atomic E-state index is 13.5. The SMILES string of the molecule is CCOc1ccccc1-c1cc(C(=O)N2CCN(CC)CC2)c2cc(Cl)ccc2n1. The molecule has 0 atom stereocenters. The van der Waals surface area contributed by atoms with Gasteiger partial charge in [0.25, 0.3) is 5.91 Å². The van der Waals surface area contributed by atoms with Crippen LogP contribution in [0.1, 0.15) is 24.2 Å². The highest BCUT2D eigenvalue weighted by atomic mass is 35.5. The summed E-state index contributed by atoms with van der Waals surface area (Å²) in [6.45, 7) is 8.92. The number of halogens is 1. The third kappa shape index (κ3) is 4.13. The zero-order valence-electron chi connectivity index (χ0n) is 17.4. The zero-order valence-corrected chi connectivity index (χ0v) is 18.2. The van der Waals surface area contributed by atoms with Crippen molar-refractivity contribution in [1.82, 2.24) is 14.8 Å². The second kappa shape index (κ2) is 9.02. The summed E-state index contributed by atoms with van der Waals surface area (Å²) in [5.41, 5.74) is 2.98. The Morgan fingerprint density at radius 1 is 1.07 bits per heavy atom. The first kappa shape index (κ1) is 20.6. The molecule has 156 valence electrons. The van der Waals surface area contributed by atoms with Gasteiger partial charge in [-0.15, -0.1) is 0 Å². The molecular formula is C24H26ClN3O2. The number of benzene rings is 2. The van der Waals surface area contributed by atoms with Crippen LogP contribution < -0.4 is 4.74 Å². The van der Waals surface area contributed by atoms with Crippen molar-refractivity contribution in [3.8, 4) is 17.0 Å². The summed E-state index contributed by atoms with van der Waals surface area (Å²) in [5.74, 6) is 0.784. The molecule has 30 heavy (non-hydrogen) atoms. The van der Waals surface area contributed by atoms with Gasteiger partial charge in [0.1, 0.15) is 5.75 Å². The summed E-state index contributed by atoms with van der Waals surface area (Å²) in [6.07, 6.45) is 0. The molecule has 1 amide bonds. The second-order valence-electron chi connectivity index (χ2n) is 7.37. The Bertz CT molecular complexity index is 1060. The Balaban J connectivity index is 1.80. The number of para-hydroxylation sites is 1. The number of ether oxygens (including phenoxy) is 1. The van der Waals surface area contributed by atoms with Gasteiger partial charge in [-0.25, -0.2) is 4.98 Å². The van der Waals surface area contributed by atoms with Crippen molar-refractivity contribution < 1.29 is 9.53 Å². The van der Waals surface area contributed by atoms with Crippen LogP contribution in [0, 0.1) is 0 Å². The highest BCUT2D eigenvalue weighted by Gasteiger charge is 2.24. The minimum Gasteiger partial charge on any atom is -0.493 e. The van der Waals surface area contributed by atoms with Crippen molar-refractivity contribution in [2.45, 2.75) is 13.8 Å². The molecule has 0 spiro atoms. The summed E-state index contributed by atoms with van der Waals surface area (Å²) in [6, 6.07) is 15.2. The maximum atomic E-state index is 13.5. The van der Waals surface area contributed by atoms with Gasteiger partial charge >= 0.3 is 0 Å². The van der Waals surface area contributed by atoms with Crippen molar-refractivity contribution in [1.29, 1.82) is 0 Å². The first-order valence-electron chi connectivity index (χ1n) is 10.4. The second-order valence-corrected chi connectivity index (χ2v) is 7.81. The van der Waals surface area contributed by atoms with Gasteiger partial charge < -0.3 is 14.5 Å². The number of nitrogens with zero attached hydrogens (tertiary/aromatic N) is 3. The number of amides is 1. The van der Waals surface area contributed by atoms with Crippen molar-refractivity contribution >= 4 is 28.4 Å². The number of pyridine rings is 1. The van der Waals surface area contributed by atoms with E-state index >= 15 is 0 Å². The number of aromatic nitrogens is 1. The van der Waals surface area contributed by atoms with Gasteiger partial charge in [0.15, 0.2) is 0 Å². The summed E-state index contributed by atoms with van der Waals surface area (Å²) in [5, 5.41) is 1.37. The Morgan fingerprint density at radius 2 is 1.83 bits per heavy atom. The van der Waals surface area contributed by atoms with E-state index in [1.807, 2.05) is 60.4 Å².